The summed E-state index contributed by atoms with van der Waals surface area (Å²) in [6.07, 6.45) is 1.74. The summed E-state index contributed by atoms with van der Waals surface area (Å²) in [5.74, 6) is 0.260. The zero-order chi connectivity index (χ0) is 15.6. The molecule has 0 saturated carbocycles. The number of non-ortho nitro benzene ring substituents is 1. The average Bonchev–Trinajstić information content (AvgIpc) is 2.47. The Hall–Kier alpha value is -1.47. The van der Waals surface area contributed by atoms with Gasteiger partial charge in [0.15, 0.2) is 0 Å². The second-order valence-corrected chi connectivity index (χ2v) is 6.26. The van der Waals surface area contributed by atoms with E-state index in [4.69, 9.17) is 5.73 Å². The molecular formula is C14H18BrN3O3. The first kappa shape index (κ1) is 15.9. The van der Waals surface area contributed by atoms with Crippen LogP contribution < -0.4 is 5.73 Å². The van der Waals surface area contributed by atoms with Gasteiger partial charge in [-0.15, -0.1) is 0 Å². The smallest absolute Gasteiger partial charge is 0.270 e. The maximum atomic E-state index is 12.5. The summed E-state index contributed by atoms with van der Waals surface area (Å²) in [6, 6.07) is 4.37. The molecule has 7 heteroatoms. The maximum absolute atomic E-state index is 12.5. The Morgan fingerprint density at radius 2 is 2.10 bits per heavy atom. The fraction of sp³-hybridized carbons (Fsp3) is 0.500. The molecule has 1 aliphatic heterocycles. The standard InChI is InChI=1S/C14H18BrN3O3/c1-9(16)10-4-6-17(7-5-10)14(19)12-8-11(18(20)21)2-3-13(12)15/h2-3,8-10H,4-7,16H2,1H3. The molecule has 1 aliphatic rings. The van der Waals surface area contributed by atoms with Crippen LogP contribution in [0.2, 0.25) is 0 Å². The van der Waals surface area contributed by atoms with Gasteiger partial charge in [-0.1, -0.05) is 0 Å². The lowest BCUT2D eigenvalue weighted by molar-refractivity contribution is -0.384. The first-order chi connectivity index (χ1) is 9.90. The number of carbonyl (C=O) groups excluding carboxylic acids is 1. The minimum absolute atomic E-state index is 0.0768. The van der Waals surface area contributed by atoms with E-state index < -0.39 is 4.92 Å². The van der Waals surface area contributed by atoms with E-state index in [9.17, 15) is 14.9 Å². The third kappa shape index (κ3) is 3.59. The van der Waals surface area contributed by atoms with Gasteiger partial charge in [0.05, 0.1) is 10.5 Å². The van der Waals surface area contributed by atoms with Gasteiger partial charge in [-0.2, -0.15) is 0 Å². The normalized spacial score (nSPS) is 17.6. The number of carbonyl (C=O) groups is 1. The van der Waals surface area contributed by atoms with Crippen LogP contribution in [0.3, 0.4) is 0 Å². The molecule has 1 fully saturated rings. The number of rotatable bonds is 3. The van der Waals surface area contributed by atoms with Crippen molar-refractivity contribution >= 4 is 27.5 Å². The molecule has 21 heavy (non-hydrogen) atoms. The van der Waals surface area contributed by atoms with Gasteiger partial charge in [0, 0.05) is 35.7 Å². The number of halogens is 1. The van der Waals surface area contributed by atoms with Gasteiger partial charge in [-0.05, 0) is 47.7 Å². The van der Waals surface area contributed by atoms with Crippen molar-refractivity contribution in [3.63, 3.8) is 0 Å². The lowest BCUT2D eigenvalue weighted by Crippen LogP contribution is -2.42. The van der Waals surface area contributed by atoms with Crippen LogP contribution in [0.15, 0.2) is 22.7 Å². The van der Waals surface area contributed by atoms with Gasteiger partial charge < -0.3 is 10.6 Å². The van der Waals surface area contributed by atoms with Crippen LogP contribution in [0.5, 0.6) is 0 Å². The Kier molecular flexibility index (Phi) is 4.95. The van der Waals surface area contributed by atoms with Crippen LogP contribution in [0.4, 0.5) is 5.69 Å². The Bertz CT molecular complexity index is 554. The van der Waals surface area contributed by atoms with E-state index in [0.29, 0.717) is 29.0 Å². The minimum Gasteiger partial charge on any atom is -0.339 e. The predicted octanol–water partition coefficient (Wildman–Crippen LogP) is 2.56. The van der Waals surface area contributed by atoms with Crippen molar-refractivity contribution in [3.05, 3.63) is 38.3 Å². The molecule has 2 rings (SSSR count). The molecule has 1 atom stereocenters. The second kappa shape index (κ2) is 6.53. The number of likely N-dealkylation sites (tertiary alicyclic amines) is 1. The highest BCUT2D eigenvalue weighted by atomic mass is 79.9. The monoisotopic (exact) mass is 355 g/mol. The average molecular weight is 356 g/mol. The van der Waals surface area contributed by atoms with Gasteiger partial charge in [-0.3, -0.25) is 14.9 Å². The number of nitro benzene ring substituents is 1. The number of hydrogen-bond acceptors (Lipinski definition) is 4. The second-order valence-electron chi connectivity index (χ2n) is 5.41. The molecule has 1 aromatic carbocycles. The SMILES string of the molecule is CC(N)C1CCN(C(=O)c2cc([N+](=O)[O-])ccc2Br)CC1. The number of nitro groups is 1. The molecule has 2 N–H and O–H groups in total. The number of benzene rings is 1. The topological polar surface area (TPSA) is 89.5 Å². The summed E-state index contributed by atoms with van der Waals surface area (Å²) >= 11 is 3.29. The lowest BCUT2D eigenvalue weighted by Gasteiger charge is -2.33. The summed E-state index contributed by atoms with van der Waals surface area (Å²) in [5.41, 5.74) is 6.15. The molecule has 0 radical (unpaired) electrons. The Balaban J connectivity index is 2.14. The van der Waals surface area contributed by atoms with Crippen molar-refractivity contribution in [3.8, 4) is 0 Å². The van der Waals surface area contributed by atoms with Gasteiger partial charge in [0.25, 0.3) is 11.6 Å². The number of amides is 1. The molecule has 1 heterocycles. The Morgan fingerprint density at radius 1 is 1.48 bits per heavy atom. The van der Waals surface area contributed by atoms with Gasteiger partial charge >= 0.3 is 0 Å². The van der Waals surface area contributed by atoms with E-state index in [0.717, 1.165) is 12.8 Å². The van der Waals surface area contributed by atoms with E-state index in [1.54, 1.807) is 11.0 Å². The van der Waals surface area contributed by atoms with Crippen LogP contribution in [0.1, 0.15) is 30.1 Å². The van der Waals surface area contributed by atoms with Crippen LogP contribution >= 0.6 is 15.9 Å². The largest absolute Gasteiger partial charge is 0.339 e. The molecule has 0 bridgehead atoms. The zero-order valence-corrected chi connectivity index (χ0v) is 13.4. The molecule has 6 nitrogen and oxygen atoms in total. The van der Waals surface area contributed by atoms with Crippen LogP contribution in [0.25, 0.3) is 0 Å². The van der Waals surface area contributed by atoms with E-state index in [2.05, 4.69) is 15.9 Å². The van der Waals surface area contributed by atoms with Crippen molar-refractivity contribution < 1.29 is 9.72 Å². The van der Waals surface area contributed by atoms with Crippen LogP contribution in [-0.2, 0) is 0 Å². The number of piperidine rings is 1. The lowest BCUT2D eigenvalue weighted by atomic mass is 9.90. The van der Waals surface area contributed by atoms with E-state index in [1.165, 1.54) is 12.1 Å². The summed E-state index contributed by atoms with van der Waals surface area (Å²) in [5, 5.41) is 10.8. The van der Waals surface area contributed by atoms with Crippen LogP contribution in [-0.4, -0.2) is 34.9 Å². The molecule has 0 spiro atoms. The van der Waals surface area contributed by atoms with Gasteiger partial charge in [0.2, 0.25) is 0 Å². The predicted molar refractivity (Wildman–Crippen MR) is 83.1 cm³/mol. The highest BCUT2D eigenvalue weighted by Gasteiger charge is 2.27. The summed E-state index contributed by atoms with van der Waals surface area (Å²) in [7, 11) is 0. The minimum atomic E-state index is -0.494. The third-order valence-electron chi connectivity index (χ3n) is 3.96. The van der Waals surface area contributed by atoms with E-state index >= 15 is 0 Å². The van der Waals surface area contributed by atoms with E-state index in [-0.39, 0.29) is 17.6 Å². The van der Waals surface area contributed by atoms with Crippen LogP contribution in [0, 0.1) is 16.0 Å². The third-order valence-corrected chi connectivity index (χ3v) is 4.65. The van der Waals surface area contributed by atoms with Crippen molar-refractivity contribution in [1.82, 2.24) is 4.90 Å². The fourth-order valence-electron chi connectivity index (χ4n) is 2.59. The molecule has 1 saturated heterocycles. The summed E-state index contributed by atoms with van der Waals surface area (Å²) in [4.78, 5) is 24.6. The Morgan fingerprint density at radius 3 is 2.62 bits per heavy atom. The van der Waals surface area contributed by atoms with Gasteiger partial charge in [0.1, 0.15) is 0 Å². The molecular weight excluding hydrogens is 338 g/mol. The van der Waals surface area contributed by atoms with Crippen molar-refractivity contribution in [1.29, 1.82) is 0 Å². The number of nitrogens with zero attached hydrogens (tertiary/aromatic N) is 2. The highest BCUT2D eigenvalue weighted by molar-refractivity contribution is 9.10. The summed E-state index contributed by atoms with van der Waals surface area (Å²) < 4.78 is 0.576. The molecule has 1 amide bonds. The Labute approximate surface area is 131 Å². The summed E-state index contributed by atoms with van der Waals surface area (Å²) in [6.45, 7) is 3.26. The first-order valence-electron chi connectivity index (χ1n) is 6.89. The highest BCUT2D eigenvalue weighted by Crippen LogP contribution is 2.26. The van der Waals surface area contributed by atoms with Crippen molar-refractivity contribution in [2.45, 2.75) is 25.8 Å². The molecule has 0 aliphatic carbocycles. The maximum Gasteiger partial charge on any atom is 0.270 e. The molecule has 1 aromatic rings. The van der Waals surface area contributed by atoms with Crippen molar-refractivity contribution in [2.24, 2.45) is 11.7 Å². The first-order valence-corrected chi connectivity index (χ1v) is 7.68. The van der Waals surface area contributed by atoms with Gasteiger partial charge in [-0.25, -0.2) is 0 Å². The number of hydrogen-bond donors (Lipinski definition) is 1. The molecule has 1 unspecified atom stereocenters. The fourth-order valence-corrected chi connectivity index (χ4v) is 3.01. The van der Waals surface area contributed by atoms with E-state index in [1.807, 2.05) is 6.92 Å². The zero-order valence-electron chi connectivity index (χ0n) is 11.8. The molecule has 114 valence electrons. The molecule has 0 aromatic heterocycles. The van der Waals surface area contributed by atoms with Crippen molar-refractivity contribution in [2.75, 3.05) is 13.1 Å². The quantitative estimate of drug-likeness (QED) is 0.666. The number of nitrogens with two attached hydrogens (primary N) is 1.